The number of hydrogen-bond donors (Lipinski definition) is 1. The molecule has 0 bridgehead atoms. The van der Waals surface area contributed by atoms with Crippen molar-refractivity contribution in [3.63, 3.8) is 0 Å². The maximum atomic E-state index is 12.7. The number of rotatable bonds is 11. The molecule has 5 nitrogen and oxygen atoms in total. The van der Waals surface area contributed by atoms with Gasteiger partial charge < -0.3 is 14.8 Å². The van der Waals surface area contributed by atoms with Crippen LogP contribution in [0.5, 0.6) is 11.5 Å². The Balaban J connectivity index is 1.71. The van der Waals surface area contributed by atoms with E-state index in [4.69, 9.17) is 21.1 Å². The van der Waals surface area contributed by atoms with Crippen molar-refractivity contribution in [3.8, 4) is 11.5 Å². The molecule has 164 valence electrons. The molecule has 3 rings (SSSR count). The molecule has 0 atom stereocenters. The highest BCUT2D eigenvalue weighted by atomic mass is 35.5. The van der Waals surface area contributed by atoms with Gasteiger partial charge in [0, 0.05) is 11.9 Å². The number of amides is 1. The van der Waals surface area contributed by atoms with E-state index in [0.29, 0.717) is 35.7 Å². The van der Waals surface area contributed by atoms with Gasteiger partial charge in [-0.05, 0) is 43.0 Å². The first kappa shape index (κ1) is 22.9. The van der Waals surface area contributed by atoms with Crippen molar-refractivity contribution >= 4 is 28.4 Å². The highest BCUT2D eigenvalue weighted by Crippen LogP contribution is 2.36. The molecular formula is C25H29ClN2O3. The highest BCUT2D eigenvalue weighted by molar-refractivity contribution is 6.33. The number of fused-ring (bicyclic) bond motifs is 1. The van der Waals surface area contributed by atoms with E-state index in [9.17, 15) is 4.79 Å². The number of nitrogens with one attached hydrogen (secondary N) is 1. The van der Waals surface area contributed by atoms with Crippen molar-refractivity contribution < 1.29 is 14.3 Å². The minimum absolute atomic E-state index is 0.153. The summed E-state index contributed by atoms with van der Waals surface area (Å²) in [4.78, 5) is 17.2. The van der Waals surface area contributed by atoms with Crippen LogP contribution >= 0.6 is 11.6 Å². The van der Waals surface area contributed by atoms with Crippen LogP contribution in [-0.4, -0.2) is 31.2 Å². The number of carbonyl (C=O) groups is 1. The topological polar surface area (TPSA) is 60.5 Å². The van der Waals surface area contributed by atoms with Crippen LogP contribution in [0.25, 0.3) is 10.9 Å². The van der Waals surface area contributed by atoms with Crippen LogP contribution < -0.4 is 14.8 Å². The van der Waals surface area contributed by atoms with Crippen molar-refractivity contribution in [2.75, 3.05) is 20.3 Å². The van der Waals surface area contributed by atoms with Gasteiger partial charge in [0.05, 0.1) is 19.3 Å². The molecule has 0 aliphatic heterocycles. The van der Waals surface area contributed by atoms with E-state index in [2.05, 4.69) is 29.4 Å². The van der Waals surface area contributed by atoms with Crippen LogP contribution in [0.2, 0.25) is 5.15 Å². The van der Waals surface area contributed by atoms with Gasteiger partial charge in [-0.1, -0.05) is 61.7 Å². The summed E-state index contributed by atoms with van der Waals surface area (Å²) in [6.07, 6.45) is 4.91. The molecule has 3 aromatic rings. The Labute approximate surface area is 188 Å². The third-order valence-corrected chi connectivity index (χ3v) is 5.38. The van der Waals surface area contributed by atoms with E-state index in [-0.39, 0.29) is 11.1 Å². The van der Waals surface area contributed by atoms with Crippen molar-refractivity contribution in [2.24, 2.45) is 0 Å². The van der Waals surface area contributed by atoms with Gasteiger partial charge in [0.2, 0.25) is 0 Å². The van der Waals surface area contributed by atoms with Crippen molar-refractivity contribution in [3.05, 3.63) is 64.8 Å². The Bertz CT molecular complexity index is 1010. The largest absolute Gasteiger partial charge is 0.493 e. The fraction of sp³-hybridized carbons (Fsp3) is 0.360. The van der Waals surface area contributed by atoms with Crippen molar-refractivity contribution in [1.82, 2.24) is 10.3 Å². The summed E-state index contributed by atoms with van der Waals surface area (Å²) in [6, 6.07) is 15.7. The molecule has 0 saturated carbocycles. The van der Waals surface area contributed by atoms with E-state index in [0.717, 1.165) is 37.5 Å². The van der Waals surface area contributed by atoms with E-state index in [1.54, 1.807) is 13.2 Å². The number of halogens is 1. The summed E-state index contributed by atoms with van der Waals surface area (Å²) in [5.41, 5.74) is 2.21. The SMILES string of the molecule is CCCCCOc1c(OC)ccc2cc(C(=O)NCCCc3ccccc3)c(Cl)nc12. The maximum absolute atomic E-state index is 12.7. The summed E-state index contributed by atoms with van der Waals surface area (Å²) < 4.78 is 11.4. The summed E-state index contributed by atoms with van der Waals surface area (Å²) in [5.74, 6) is 0.937. The molecule has 1 aromatic heterocycles. The Morgan fingerprint density at radius 2 is 1.90 bits per heavy atom. The zero-order chi connectivity index (χ0) is 22.1. The lowest BCUT2D eigenvalue weighted by Gasteiger charge is -2.14. The third kappa shape index (κ3) is 6.11. The number of hydrogen-bond acceptors (Lipinski definition) is 4. The Morgan fingerprint density at radius 1 is 1.10 bits per heavy atom. The fourth-order valence-corrected chi connectivity index (χ4v) is 3.62. The number of methoxy groups -OCH3 is 1. The number of pyridine rings is 1. The van der Waals surface area contributed by atoms with Crippen LogP contribution in [-0.2, 0) is 6.42 Å². The zero-order valence-electron chi connectivity index (χ0n) is 18.1. The number of nitrogens with zero attached hydrogens (tertiary/aromatic N) is 1. The summed E-state index contributed by atoms with van der Waals surface area (Å²) in [5, 5.41) is 3.88. The summed E-state index contributed by atoms with van der Waals surface area (Å²) in [6.45, 7) is 3.29. The van der Waals surface area contributed by atoms with Crippen LogP contribution in [0, 0.1) is 0 Å². The molecule has 0 radical (unpaired) electrons. The monoisotopic (exact) mass is 440 g/mol. The van der Waals surface area contributed by atoms with Crippen LogP contribution in [0.1, 0.15) is 48.5 Å². The van der Waals surface area contributed by atoms with Crippen molar-refractivity contribution in [1.29, 1.82) is 0 Å². The number of aryl methyl sites for hydroxylation is 1. The van der Waals surface area contributed by atoms with E-state index in [1.165, 1.54) is 5.56 Å². The van der Waals surface area contributed by atoms with Crippen LogP contribution in [0.4, 0.5) is 0 Å². The summed E-state index contributed by atoms with van der Waals surface area (Å²) in [7, 11) is 1.60. The second-order valence-corrected chi connectivity index (χ2v) is 7.75. The van der Waals surface area contributed by atoms with E-state index < -0.39 is 0 Å². The molecular weight excluding hydrogens is 412 g/mol. The average Bonchev–Trinajstić information content (AvgIpc) is 2.79. The van der Waals surface area contributed by atoms with Gasteiger partial charge in [-0.3, -0.25) is 4.79 Å². The molecule has 31 heavy (non-hydrogen) atoms. The van der Waals surface area contributed by atoms with Crippen LogP contribution in [0.3, 0.4) is 0 Å². The van der Waals surface area contributed by atoms with Crippen LogP contribution in [0.15, 0.2) is 48.5 Å². The third-order valence-electron chi connectivity index (χ3n) is 5.09. The Hall–Kier alpha value is -2.79. The molecule has 0 fully saturated rings. The lowest BCUT2D eigenvalue weighted by molar-refractivity contribution is 0.0953. The minimum atomic E-state index is -0.228. The Kier molecular flexibility index (Phi) is 8.53. The lowest BCUT2D eigenvalue weighted by Crippen LogP contribution is -2.25. The summed E-state index contributed by atoms with van der Waals surface area (Å²) >= 11 is 6.39. The Morgan fingerprint density at radius 3 is 2.65 bits per heavy atom. The second kappa shape index (κ2) is 11.6. The first-order valence-electron chi connectivity index (χ1n) is 10.8. The molecule has 0 unspecified atom stereocenters. The first-order chi connectivity index (χ1) is 15.1. The smallest absolute Gasteiger partial charge is 0.254 e. The molecule has 0 aliphatic carbocycles. The number of ether oxygens (including phenoxy) is 2. The van der Waals surface area contributed by atoms with Gasteiger partial charge in [-0.15, -0.1) is 0 Å². The second-order valence-electron chi connectivity index (χ2n) is 7.40. The predicted octanol–water partition coefficient (Wildman–Crippen LogP) is 5.83. The first-order valence-corrected chi connectivity index (χ1v) is 11.1. The maximum Gasteiger partial charge on any atom is 0.254 e. The number of benzene rings is 2. The molecule has 6 heteroatoms. The van der Waals surface area contributed by atoms with Gasteiger partial charge in [0.15, 0.2) is 11.5 Å². The minimum Gasteiger partial charge on any atom is -0.493 e. The quantitative estimate of drug-likeness (QED) is 0.301. The molecule has 2 aromatic carbocycles. The molecule has 0 spiro atoms. The highest BCUT2D eigenvalue weighted by Gasteiger charge is 2.17. The van der Waals surface area contributed by atoms with Gasteiger partial charge in [0.25, 0.3) is 5.91 Å². The fourth-order valence-electron chi connectivity index (χ4n) is 3.39. The normalized spacial score (nSPS) is 10.8. The lowest BCUT2D eigenvalue weighted by atomic mass is 10.1. The molecule has 0 saturated heterocycles. The van der Waals surface area contributed by atoms with Gasteiger partial charge in [-0.2, -0.15) is 0 Å². The predicted molar refractivity (Wildman–Crippen MR) is 125 cm³/mol. The average molecular weight is 441 g/mol. The number of unbranched alkanes of at least 4 members (excludes halogenated alkanes) is 2. The zero-order valence-corrected chi connectivity index (χ0v) is 18.9. The van der Waals surface area contributed by atoms with Gasteiger partial charge >= 0.3 is 0 Å². The standard InChI is InChI=1S/C25H29ClN2O3/c1-3-4-8-16-31-23-21(30-2)14-13-19-17-20(24(26)28-22(19)23)25(29)27-15-9-12-18-10-6-5-7-11-18/h5-7,10-11,13-14,17H,3-4,8-9,12,15-16H2,1-2H3,(H,27,29). The van der Waals surface area contributed by atoms with E-state index >= 15 is 0 Å². The number of carbonyl (C=O) groups excluding carboxylic acids is 1. The van der Waals surface area contributed by atoms with Gasteiger partial charge in [-0.25, -0.2) is 4.98 Å². The molecule has 1 N–H and O–H groups in total. The molecule has 1 heterocycles. The number of aromatic nitrogens is 1. The van der Waals surface area contributed by atoms with E-state index in [1.807, 2.05) is 30.3 Å². The molecule has 1 amide bonds. The molecule has 0 aliphatic rings. The van der Waals surface area contributed by atoms with Gasteiger partial charge in [0.1, 0.15) is 10.7 Å². The van der Waals surface area contributed by atoms with Crippen molar-refractivity contribution in [2.45, 2.75) is 39.0 Å².